The second-order valence-electron chi connectivity index (χ2n) is 7.71. The van der Waals surface area contributed by atoms with Gasteiger partial charge < -0.3 is 0 Å². The Morgan fingerprint density at radius 1 is 0.970 bits per heavy atom. The van der Waals surface area contributed by atoms with E-state index < -0.39 is 19.8 Å². The number of methoxy groups -OCH3 is 3. The maximum absolute atomic E-state index is 11.9. The second kappa shape index (κ2) is 13.5. The second-order valence-corrected chi connectivity index (χ2v) is 13.9. The number of carbonyl (C=O) groups excluding carboxylic acids is 1. The number of hydrogen-bond acceptors (Lipinski definition) is 6. The van der Waals surface area contributed by atoms with Gasteiger partial charge in [-0.25, -0.2) is 0 Å². The molecule has 1 aliphatic heterocycles. The van der Waals surface area contributed by atoms with Crippen LogP contribution in [0, 0.1) is 0 Å². The van der Waals surface area contributed by atoms with Crippen molar-refractivity contribution in [3.63, 3.8) is 0 Å². The molecule has 0 radical (unpaired) electrons. The number of ether oxygens (including phenoxy) is 4. The van der Waals surface area contributed by atoms with Crippen LogP contribution in [0.3, 0.4) is 0 Å². The van der Waals surface area contributed by atoms with Crippen LogP contribution in [0.15, 0.2) is 42.5 Å². The number of rotatable bonds is 11. The third-order valence-corrected chi connectivity index (χ3v) is 11.5. The fourth-order valence-electron chi connectivity index (χ4n) is 3.79. The minimum atomic E-state index is -1.12. The molecule has 2 aromatic rings. The average Bonchev–Trinajstić information content (AvgIpc) is 2.85. The monoisotopic (exact) mass is 570 g/mol. The van der Waals surface area contributed by atoms with Crippen molar-refractivity contribution >= 4 is 25.9 Å². The van der Waals surface area contributed by atoms with E-state index in [9.17, 15) is 4.79 Å². The van der Waals surface area contributed by atoms with Gasteiger partial charge in [-0.3, -0.25) is 0 Å². The van der Waals surface area contributed by atoms with E-state index in [1.54, 1.807) is 21.3 Å². The third kappa shape index (κ3) is 7.67. The van der Waals surface area contributed by atoms with Gasteiger partial charge in [-0.2, -0.15) is 0 Å². The Hall–Kier alpha value is -2.20. The predicted molar refractivity (Wildman–Crippen MR) is 139 cm³/mol. The molecule has 0 bridgehead atoms. The minimum absolute atomic E-state index is 0.336. The predicted octanol–water partition coefficient (Wildman–Crippen LogP) is 4.00. The van der Waals surface area contributed by atoms with E-state index >= 15 is 0 Å². The van der Waals surface area contributed by atoms with Gasteiger partial charge in [-0.1, -0.05) is 18.2 Å². The number of nitrogens with zero attached hydrogens (tertiary/aromatic N) is 1. The van der Waals surface area contributed by atoms with E-state index in [4.69, 9.17) is 18.9 Å². The van der Waals surface area contributed by atoms with Crippen molar-refractivity contribution in [2.75, 3.05) is 63.0 Å². The normalized spacial score (nSPS) is 15.1. The van der Waals surface area contributed by atoms with Crippen LogP contribution in [0.5, 0.6) is 17.2 Å². The first-order chi connectivity index (χ1) is 16.1. The van der Waals surface area contributed by atoms with Gasteiger partial charge in [0.25, 0.3) is 0 Å². The molecule has 33 heavy (non-hydrogen) atoms. The Morgan fingerprint density at radius 3 is 2.36 bits per heavy atom. The molecule has 0 aliphatic carbocycles. The summed E-state index contributed by atoms with van der Waals surface area (Å²) in [7, 11) is 4.97. The number of amides is 1. The molecule has 0 atom stereocenters. The molecule has 2 aromatic carbocycles. The van der Waals surface area contributed by atoms with Crippen molar-refractivity contribution in [2.24, 2.45) is 0 Å². The maximum atomic E-state index is 11.9. The Bertz CT molecular complexity index is 873. The van der Waals surface area contributed by atoms with E-state index in [2.05, 4.69) is 28.4 Å². The molecule has 1 amide bonds. The van der Waals surface area contributed by atoms with Crippen LogP contribution in [0.25, 0.3) is 0 Å². The molecule has 182 valence electrons. The zero-order valence-corrected chi connectivity index (χ0v) is 21.9. The van der Waals surface area contributed by atoms with Crippen molar-refractivity contribution in [2.45, 2.75) is 10.8 Å². The van der Waals surface area contributed by atoms with Gasteiger partial charge in [0.05, 0.1) is 0 Å². The summed E-state index contributed by atoms with van der Waals surface area (Å²) in [6, 6.07) is 14.2. The zero-order chi connectivity index (χ0) is 23.5. The topological polar surface area (TPSA) is 69.3 Å². The molecule has 8 heteroatoms. The Labute approximate surface area is 204 Å². The van der Waals surface area contributed by atoms with E-state index in [0.717, 1.165) is 36.2 Å². The van der Waals surface area contributed by atoms with Crippen LogP contribution in [0.2, 0.25) is 0 Å². The van der Waals surface area contributed by atoms with Gasteiger partial charge >= 0.3 is 186 Å². The first kappa shape index (κ1) is 25.4. The van der Waals surface area contributed by atoms with Gasteiger partial charge in [0, 0.05) is 0 Å². The molecule has 1 heterocycles. The number of alkyl halides is 3. The fourth-order valence-corrected chi connectivity index (χ4v) is 9.58. The number of carbonyl (C=O) groups is 1. The summed E-state index contributed by atoms with van der Waals surface area (Å²) < 4.78 is 25.5. The molecule has 0 saturated carbocycles. The number of nitrogens with one attached hydrogen (secondary N) is 1. The van der Waals surface area contributed by atoms with Crippen molar-refractivity contribution < 1.29 is 23.7 Å². The number of alkyl carbamates (subject to hydrolysis) is 1. The van der Waals surface area contributed by atoms with Crippen molar-refractivity contribution in [3.8, 4) is 17.2 Å². The van der Waals surface area contributed by atoms with Crippen LogP contribution in [0.4, 0.5) is 4.79 Å². The van der Waals surface area contributed by atoms with Gasteiger partial charge in [0.2, 0.25) is 0 Å². The van der Waals surface area contributed by atoms with Crippen LogP contribution in [-0.2, 0) is 15.6 Å². The van der Waals surface area contributed by atoms with Crippen molar-refractivity contribution in [1.29, 1.82) is 0 Å². The quantitative estimate of drug-likeness (QED) is 0.326. The molecule has 3 rings (SSSR count). The van der Waals surface area contributed by atoms with E-state index in [1.165, 1.54) is 20.0 Å². The number of halogens is 1. The molecular weight excluding hydrogens is 535 g/mol. The molecule has 1 saturated heterocycles. The summed E-state index contributed by atoms with van der Waals surface area (Å²) >= 11 is -1.12. The summed E-state index contributed by atoms with van der Waals surface area (Å²) in [6.07, 6.45) is 0.469. The summed E-state index contributed by atoms with van der Waals surface area (Å²) in [4.78, 5) is 14.3. The molecule has 0 spiro atoms. The summed E-state index contributed by atoms with van der Waals surface area (Å²) in [5.41, 5.74) is 2.42. The molecule has 7 nitrogen and oxygen atoms in total. The first-order valence-corrected chi connectivity index (χ1v) is 15.7. The van der Waals surface area contributed by atoms with Gasteiger partial charge in [0.1, 0.15) is 0 Å². The standard InChI is InChI=1S/C25H35IN2O5/c1-30-22-10-9-21(23(31-2)24(22)32-3)19-26-12-15-28(16-13-26)17-18-33-25(29)27-14-11-20-7-5-4-6-8-20/h4-10H,11-19H2,1-3H3,(H,27,29). The molecule has 1 fully saturated rings. The summed E-state index contributed by atoms with van der Waals surface area (Å²) in [6.45, 7) is 3.93. The third-order valence-electron chi connectivity index (χ3n) is 5.62. The van der Waals surface area contributed by atoms with E-state index in [1.807, 2.05) is 24.3 Å². The molecule has 0 unspecified atom stereocenters. The first-order valence-electron chi connectivity index (χ1n) is 11.2. The van der Waals surface area contributed by atoms with Crippen molar-refractivity contribution in [3.05, 3.63) is 53.6 Å². The van der Waals surface area contributed by atoms with Gasteiger partial charge in [0.15, 0.2) is 0 Å². The summed E-state index contributed by atoms with van der Waals surface area (Å²) in [5.74, 6) is 2.16. The van der Waals surface area contributed by atoms with Gasteiger partial charge in [-0.05, 0) is 0 Å². The van der Waals surface area contributed by atoms with Crippen LogP contribution in [0.1, 0.15) is 11.1 Å². The fraction of sp³-hybridized carbons (Fsp3) is 0.480. The van der Waals surface area contributed by atoms with Crippen LogP contribution >= 0.6 is 19.8 Å². The van der Waals surface area contributed by atoms with Gasteiger partial charge in [-0.15, -0.1) is 0 Å². The van der Waals surface area contributed by atoms with Crippen molar-refractivity contribution in [1.82, 2.24) is 10.2 Å². The zero-order valence-electron chi connectivity index (χ0n) is 19.8. The van der Waals surface area contributed by atoms with E-state index in [-0.39, 0.29) is 6.09 Å². The molecule has 1 aliphatic rings. The Balaban J connectivity index is 1.35. The number of hydrogen-bond donors (Lipinski definition) is 1. The SMILES string of the molecule is COc1ccc(CI2CCN(CCOC(=O)NCCc3ccccc3)CC2)c(OC)c1OC. The average molecular weight is 570 g/mol. The molecule has 1 N–H and O–H groups in total. The molecule has 0 aromatic heterocycles. The van der Waals surface area contributed by atoms with E-state index in [0.29, 0.717) is 24.7 Å². The summed E-state index contributed by atoms with van der Waals surface area (Å²) in [5, 5.41) is 2.83. The van der Waals surface area contributed by atoms with Crippen LogP contribution in [-0.4, -0.2) is 74.0 Å². The van der Waals surface area contributed by atoms with Crippen LogP contribution < -0.4 is 19.5 Å². The Morgan fingerprint density at radius 2 is 1.70 bits per heavy atom. The Kier molecular flexibility index (Phi) is 10.4. The molecular formula is C25H35IN2O5. The number of benzene rings is 2.